The Hall–Kier alpha value is -1.93. The molecule has 2 N–H and O–H groups in total. The standard InChI is InChI=1S/C36H66N2O6/c1-3-5-7-9-11-13-15-17-19-21-23-25-27-42-30-32(44-35(40)33-29-34(39)38-36(41)37-33)31-43-28-26-24-22-20-18-16-14-12-10-8-6-4-2/h29,32H,3-28,30-31H2,1-2H3,(H2,37,38,39,41). The topological polar surface area (TPSA) is 110 Å². The van der Waals surface area contributed by atoms with Gasteiger partial charge in [0.15, 0.2) is 0 Å². The average Bonchev–Trinajstić information content (AvgIpc) is 3.00. The highest BCUT2D eigenvalue weighted by molar-refractivity contribution is 5.87. The van der Waals surface area contributed by atoms with Crippen LogP contribution in [0.4, 0.5) is 0 Å². The van der Waals surface area contributed by atoms with Crippen LogP contribution in [0.3, 0.4) is 0 Å². The van der Waals surface area contributed by atoms with E-state index in [9.17, 15) is 14.4 Å². The molecule has 1 aromatic heterocycles. The summed E-state index contributed by atoms with van der Waals surface area (Å²) in [7, 11) is 0. The van der Waals surface area contributed by atoms with Crippen LogP contribution in [0, 0.1) is 0 Å². The number of hydrogen-bond acceptors (Lipinski definition) is 6. The maximum absolute atomic E-state index is 12.6. The molecule has 0 fully saturated rings. The number of aromatic amines is 2. The second-order valence-electron chi connectivity index (χ2n) is 12.5. The lowest BCUT2D eigenvalue weighted by molar-refractivity contribution is -0.0411. The van der Waals surface area contributed by atoms with Gasteiger partial charge in [-0.2, -0.15) is 0 Å². The van der Waals surface area contributed by atoms with Gasteiger partial charge < -0.3 is 19.2 Å². The number of rotatable bonds is 32. The number of H-pyrrole nitrogens is 2. The van der Waals surface area contributed by atoms with Gasteiger partial charge in [0, 0.05) is 19.3 Å². The zero-order chi connectivity index (χ0) is 31.9. The molecule has 0 atom stereocenters. The molecule has 44 heavy (non-hydrogen) atoms. The molecule has 256 valence electrons. The summed E-state index contributed by atoms with van der Waals surface area (Å²) in [5.41, 5.74) is -1.57. The third-order valence-electron chi connectivity index (χ3n) is 8.15. The largest absolute Gasteiger partial charge is 0.453 e. The number of aromatic nitrogens is 2. The summed E-state index contributed by atoms with van der Waals surface area (Å²) >= 11 is 0. The normalized spacial score (nSPS) is 11.4. The highest BCUT2D eigenvalue weighted by Gasteiger charge is 2.18. The van der Waals surface area contributed by atoms with E-state index in [0.717, 1.165) is 31.7 Å². The van der Waals surface area contributed by atoms with E-state index in [1.807, 2.05) is 0 Å². The summed E-state index contributed by atoms with van der Waals surface area (Å²) in [5.74, 6) is -0.763. The second kappa shape index (κ2) is 29.8. The number of esters is 1. The average molecular weight is 623 g/mol. The molecule has 0 radical (unpaired) electrons. The molecule has 0 saturated carbocycles. The Bertz CT molecular complexity index is 839. The minimum absolute atomic E-state index is 0.175. The van der Waals surface area contributed by atoms with Gasteiger partial charge in [-0.1, -0.05) is 155 Å². The van der Waals surface area contributed by atoms with Crippen LogP contribution in [-0.4, -0.2) is 48.5 Å². The van der Waals surface area contributed by atoms with Gasteiger partial charge in [0.05, 0.1) is 13.2 Å². The third kappa shape index (κ3) is 24.4. The summed E-state index contributed by atoms with van der Waals surface area (Å²) in [5, 5.41) is 0. The van der Waals surface area contributed by atoms with Crippen LogP contribution in [0.25, 0.3) is 0 Å². The Morgan fingerprint density at radius 3 is 1.30 bits per heavy atom. The molecule has 1 rings (SSSR count). The lowest BCUT2D eigenvalue weighted by atomic mass is 10.1. The van der Waals surface area contributed by atoms with Crippen molar-refractivity contribution in [2.24, 2.45) is 0 Å². The molecular formula is C36H66N2O6. The van der Waals surface area contributed by atoms with Gasteiger partial charge in [-0.3, -0.25) is 9.78 Å². The lowest BCUT2D eigenvalue weighted by Crippen LogP contribution is -2.31. The van der Waals surface area contributed by atoms with E-state index in [2.05, 4.69) is 23.8 Å². The summed E-state index contributed by atoms with van der Waals surface area (Å²) < 4.78 is 17.3. The first kappa shape index (κ1) is 40.1. The van der Waals surface area contributed by atoms with Crippen molar-refractivity contribution in [2.75, 3.05) is 26.4 Å². The fourth-order valence-electron chi connectivity index (χ4n) is 5.43. The Kier molecular flexibility index (Phi) is 27.1. The second-order valence-corrected chi connectivity index (χ2v) is 12.5. The molecule has 8 heteroatoms. The lowest BCUT2D eigenvalue weighted by Gasteiger charge is -2.18. The molecule has 0 aromatic carbocycles. The summed E-state index contributed by atoms with van der Waals surface area (Å²) in [6, 6.07) is 1.03. The SMILES string of the molecule is CCCCCCCCCCCCCCOCC(COCCCCCCCCCCCCCC)OC(=O)c1cc(=O)[nH]c(=O)[nH]1. The van der Waals surface area contributed by atoms with Crippen LogP contribution in [0.15, 0.2) is 15.7 Å². The van der Waals surface area contributed by atoms with Gasteiger partial charge in [0.1, 0.15) is 11.8 Å². The highest BCUT2D eigenvalue weighted by atomic mass is 16.6. The number of hydrogen-bond donors (Lipinski definition) is 2. The van der Waals surface area contributed by atoms with E-state index in [-0.39, 0.29) is 18.9 Å². The number of ether oxygens (including phenoxy) is 3. The van der Waals surface area contributed by atoms with Gasteiger partial charge in [-0.25, -0.2) is 9.59 Å². The summed E-state index contributed by atoms with van der Waals surface area (Å²) in [6.45, 7) is 6.16. The number of unbranched alkanes of at least 4 members (excludes halogenated alkanes) is 22. The molecule has 1 aromatic rings. The predicted octanol–water partition coefficient (Wildman–Crippen LogP) is 9.02. The molecule has 0 bridgehead atoms. The van der Waals surface area contributed by atoms with E-state index in [4.69, 9.17) is 14.2 Å². The smallest absolute Gasteiger partial charge is 0.355 e. The summed E-state index contributed by atoms with van der Waals surface area (Å²) in [4.78, 5) is 40.2. The van der Waals surface area contributed by atoms with Gasteiger partial charge >= 0.3 is 11.7 Å². The van der Waals surface area contributed by atoms with Crippen LogP contribution < -0.4 is 11.2 Å². The minimum atomic E-state index is -0.763. The first-order valence-electron chi connectivity index (χ1n) is 18.3. The third-order valence-corrected chi connectivity index (χ3v) is 8.15. The quantitative estimate of drug-likeness (QED) is 0.0613. The zero-order valence-corrected chi connectivity index (χ0v) is 28.4. The van der Waals surface area contributed by atoms with Crippen LogP contribution in [0.5, 0.6) is 0 Å². The first-order valence-corrected chi connectivity index (χ1v) is 18.3. The Morgan fingerprint density at radius 1 is 0.568 bits per heavy atom. The molecule has 1 heterocycles. The first-order chi connectivity index (χ1) is 21.6. The Labute approximate surface area is 267 Å². The van der Waals surface area contributed by atoms with Crippen LogP contribution >= 0.6 is 0 Å². The van der Waals surface area contributed by atoms with Crippen LogP contribution in [-0.2, 0) is 14.2 Å². The molecular weight excluding hydrogens is 556 g/mol. The molecule has 0 saturated heterocycles. The highest BCUT2D eigenvalue weighted by Crippen LogP contribution is 2.13. The van der Waals surface area contributed by atoms with E-state index in [1.165, 1.54) is 128 Å². The molecule has 8 nitrogen and oxygen atoms in total. The van der Waals surface area contributed by atoms with Crippen molar-refractivity contribution in [3.63, 3.8) is 0 Å². The van der Waals surface area contributed by atoms with Gasteiger partial charge in [0.25, 0.3) is 5.56 Å². The molecule has 0 aliphatic carbocycles. The molecule has 0 amide bonds. The Morgan fingerprint density at radius 2 is 0.932 bits per heavy atom. The number of carbonyl (C=O) groups excluding carboxylic acids is 1. The van der Waals surface area contributed by atoms with Crippen LogP contribution in [0.2, 0.25) is 0 Å². The molecule has 0 unspecified atom stereocenters. The molecule has 0 aliphatic heterocycles. The van der Waals surface area contributed by atoms with Crippen molar-refractivity contribution in [3.05, 3.63) is 32.6 Å². The zero-order valence-electron chi connectivity index (χ0n) is 28.4. The molecule has 0 aliphatic rings. The number of nitrogens with one attached hydrogen (secondary N) is 2. The van der Waals surface area contributed by atoms with Crippen molar-refractivity contribution in [2.45, 2.75) is 174 Å². The van der Waals surface area contributed by atoms with Crippen molar-refractivity contribution in [3.8, 4) is 0 Å². The Balaban J connectivity index is 2.22. The maximum atomic E-state index is 12.6. The fourth-order valence-corrected chi connectivity index (χ4v) is 5.43. The van der Waals surface area contributed by atoms with Gasteiger partial charge in [0.2, 0.25) is 0 Å². The monoisotopic (exact) mass is 622 g/mol. The molecule has 0 spiro atoms. The van der Waals surface area contributed by atoms with Crippen molar-refractivity contribution >= 4 is 5.97 Å². The number of carbonyl (C=O) groups is 1. The van der Waals surface area contributed by atoms with Crippen molar-refractivity contribution in [1.82, 2.24) is 9.97 Å². The van der Waals surface area contributed by atoms with Crippen LogP contribution in [0.1, 0.15) is 178 Å². The maximum Gasteiger partial charge on any atom is 0.355 e. The predicted molar refractivity (Wildman–Crippen MR) is 181 cm³/mol. The fraction of sp³-hybridized carbons (Fsp3) is 0.861. The van der Waals surface area contributed by atoms with E-state index in [1.54, 1.807) is 0 Å². The minimum Gasteiger partial charge on any atom is -0.453 e. The van der Waals surface area contributed by atoms with E-state index in [0.29, 0.717) is 13.2 Å². The van der Waals surface area contributed by atoms with Crippen molar-refractivity contribution < 1.29 is 19.0 Å². The van der Waals surface area contributed by atoms with E-state index < -0.39 is 23.3 Å². The van der Waals surface area contributed by atoms with Gasteiger partial charge in [-0.05, 0) is 12.8 Å². The van der Waals surface area contributed by atoms with Crippen molar-refractivity contribution in [1.29, 1.82) is 0 Å². The van der Waals surface area contributed by atoms with Gasteiger partial charge in [-0.15, -0.1) is 0 Å². The summed E-state index contributed by atoms with van der Waals surface area (Å²) in [6.07, 6.45) is 30.2. The van der Waals surface area contributed by atoms with E-state index >= 15 is 0 Å².